The molecule has 1 aromatic heterocycles. The van der Waals surface area contributed by atoms with Crippen LogP contribution in [-0.2, 0) is 12.8 Å². The molecule has 2 aliphatic rings. The normalized spacial score (nSPS) is 18.7. The van der Waals surface area contributed by atoms with Crippen LogP contribution in [-0.4, -0.2) is 47.8 Å². The number of halogens is 1. The molecule has 1 aliphatic carbocycles. The number of Topliss-reactive ketones (excluding diaryl/α,β-unsaturated/α-hetero) is 1. The fourth-order valence-electron chi connectivity index (χ4n) is 5.10. The molecule has 0 unspecified atom stereocenters. The van der Waals surface area contributed by atoms with Gasteiger partial charge in [-0.2, -0.15) is 0 Å². The predicted octanol–water partition coefficient (Wildman–Crippen LogP) is 4.60. The fraction of sp³-hybridized carbons (Fsp3) is 0.385. The highest BCUT2D eigenvalue weighted by atomic mass is 19.1. The van der Waals surface area contributed by atoms with Crippen molar-refractivity contribution in [2.75, 3.05) is 31.1 Å². The summed E-state index contributed by atoms with van der Waals surface area (Å²) in [5.74, 6) is 0.141. The maximum Gasteiger partial charge on any atom is 0.256 e. The number of anilines is 1. The van der Waals surface area contributed by atoms with Crippen molar-refractivity contribution in [3.8, 4) is 0 Å². The zero-order valence-electron chi connectivity index (χ0n) is 18.6. The topological polar surface area (TPSA) is 56.4 Å². The number of rotatable bonds is 3. The molecule has 0 radical (unpaired) electrons. The second-order valence-corrected chi connectivity index (χ2v) is 9.16. The number of benzene rings is 2. The molecular formula is C26H28FN3O2. The van der Waals surface area contributed by atoms with Gasteiger partial charge in [0.25, 0.3) is 5.91 Å². The lowest BCUT2D eigenvalue weighted by Gasteiger charge is -2.36. The molecule has 2 aromatic carbocycles. The van der Waals surface area contributed by atoms with E-state index in [-0.39, 0.29) is 11.7 Å². The number of carbonyl (C=O) groups is 2. The smallest absolute Gasteiger partial charge is 0.256 e. The Balaban J connectivity index is 1.34. The van der Waals surface area contributed by atoms with Crippen molar-refractivity contribution in [3.63, 3.8) is 0 Å². The molecule has 1 atom stereocenters. The van der Waals surface area contributed by atoms with E-state index in [0.29, 0.717) is 43.3 Å². The number of aromatic nitrogens is 1. The van der Waals surface area contributed by atoms with Crippen LogP contribution in [0.25, 0.3) is 10.9 Å². The van der Waals surface area contributed by atoms with E-state index in [0.717, 1.165) is 23.9 Å². The minimum absolute atomic E-state index is 0.0225. The molecule has 32 heavy (non-hydrogen) atoms. The Morgan fingerprint density at radius 1 is 1.09 bits per heavy atom. The lowest BCUT2D eigenvalue weighted by Crippen LogP contribution is -2.49. The molecule has 5 nitrogen and oxygen atoms in total. The van der Waals surface area contributed by atoms with Crippen LogP contribution in [0, 0.1) is 11.7 Å². The zero-order chi connectivity index (χ0) is 22.4. The van der Waals surface area contributed by atoms with Gasteiger partial charge in [-0.15, -0.1) is 0 Å². The molecule has 166 valence electrons. The lowest BCUT2D eigenvalue weighted by atomic mass is 9.87. The van der Waals surface area contributed by atoms with E-state index in [2.05, 4.69) is 18.0 Å². The van der Waals surface area contributed by atoms with E-state index < -0.39 is 5.82 Å². The summed E-state index contributed by atoms with van der Waals surface area (Å²) in [5.41, 5.74) is 5.15. The molecular weight excluding hydrogens is 405 g/mol. The number of hydrogen-bond acceptors (Lipinski definition) is 3. The van der Waals surface area contributed by atoms with E-state index in [4.69, 9.17) is 0 Å². The van der Waals surface area contributed by atoms with Crippen LogP contribution in [0.1, 0.15) is 52.2 Å². The molecule has 1 amide bonds. The number of H-pyrrole nitrogens is 1. The predicted molar refractivity (Wildman–Crippen MR) is 124 cm³/mol. The summed E-state index contributed by atoms with van der Waals surface area (Å²) >= 11 is 0. The van der Waals surface area contributed by atoms with Crippen molar-refractivity contribution in [3.05, 3.63) is 64.6 Å². The van der Waals surface area contributed by atoms with E-state index in [1.807, 2.05) is 21.9 Å². The fourth-order valence-corrected chi connectivity index (χ4v) is 5.10. The van der Waals surface area contributed by atoms with Gasteiger partial charge >= 0.3 is 0 Å². The molecule has 3 aromatic rings. The number of ketones is 1. The number of amides is 1. The van der Waals surface area contributed by atoms with Crippen LogP contribution >= 0.6 is 0 Å². The quantitative estimate of drug-likeness (QED) is 0.615. The second-order valence-electron chi connectivity index (χ2n) is 9.16. The average Bonchev–Trinajstić information content (AvgIpc) is 3.16. The second kappa shape index (κ2) is 8.08. The van der Waals surface area contributed by atoms with Gasteiger partial charge in [0.15, 0.2) is 5.78 Å². The van der Waals surface area contributed by atoms with Gasteiger partial charge in [0.1, 0.15) is 5.82 Å². The van der Waals surface area contributed by atoms with Crippen molar-refractivity contribution in [2.45, 2.75) is 33.1 Å². The highest BCUT2D eigenvalue weighted by Gasteiger charge is 2.27. The SMILES string of the molecule is CC(=O)c1ccc(N2CCN(C(=O)c3cccc4c5c([nH]c34)CC[C@@H](C)C5)CC2)c(F)c1. The van der Waals surface area contributed by atoms with Gasteiger partial charge in [0, 0.05) is 42.8 Å². The molecule has 1 fully saturated rings. The summed E-state index contributed by atoms with van der Waals surface area (Å²) in [6, 6.07) is 10.6. The highest BCUT2D eigenvalue weighted by molar-refractivity contribution is 6.07. The molecule has 0 saturated carbocycles. The summed E-state index contributed by atoms with van der Waals surface area (Å²) in [5, 5.41) is 1.17. The number of hydrogen-bond donors (Lipinski definition) is 1. The molecule has 0 spiro atoms. The summed E-state index contributed by atoms with van der Waals surface area (Å²) in [4.78, 5) is 32.2. The first-order valence-corrected chi connectivity index (χ1v) is 11.4. The Labute approximate surface area is 187 Å². The number of aromatic amines is 1. The molecule has 2 heterocycles. The van der Waals surface area contributed by atoms with Gasteiger partial charge in [-0.05, 0) is 61.9 Å². The van der Waals surface area contributed by atoms with Crippen LogP contribution in [0.5, 0.6) is 0 Å². The molecule has 1 aliphatic heterocycles. The highest BCUT2D eigenvalue weighted by Crippen LogP contribution is 2.33. The first-order valence-electron chi connectivity index (χ1n) is 11.4. The third kappa shape index (κ3) is 3.57. The number of para-hydroxylation sites is 1. The van der Waals surface area contributed by atoms with Crippen LogP contribution in [0.3, 0.4) is 0 Å². The zero-order valence-corrected chi connectivity index (χ0v) is 18.6. The van der Waals surface area contributed by atoms with Crippen molar-refractivity contribution < 1.29 is 14.0 Å². The number of fused-ring (bicyclic) bond motifs is 3. The Hall–Kier alpha value is -3.15. The van der Waals surface area contributed by atoms with Crippen LogP contribution in [0.2, 0.25) is 0 Å². The largest absolute Gasteiger partial charge is 0.366 e. The van der Waals surface area contributed by atoms with Crippen LogP contribution in [0.15, 0.2) is 36.4 Å². The average molecular weight is 434 g/mol. The molecule has 5 rings (SSSR count). The van der Waals surface area contributed by atoms with E-state index >= 15 is 0 Å². The minimum atomic E-state index is -0.395. The monoisotopic (exact) mass is 433 g/mol. The Bertz CT molecular complexity index is 1210. The first kappa shape index (κ1) is 20.7. The number of nitrogens with one attached hydrogen (secondary N) is 1. The first-order chi connectivity index (χ1) is 15.4. The molecule has 1 N–H and O–H groups in total. The lowest BCUT2D eigenvalue weighted by molar-refractivity contribution is 0.0748. The van der Waals surface area contributed by atoms with E-state index in [1.165, 1.54) is 36.1 Å². The van der Waals surface area contributed by atoms with Crippen molar-refractivity contribution in [2.24, 2.45) is 5.92 Å². The van der Waals surface area contributed by atoms with Gasteiger partial charge in [0.05, 0.1) is 16.8 Å². The third-order valence-corrected chi connectivity index (χ3v) is 6.96. The number of aryl methyl sites for hydroxylation is 1. The number of carbonyl (C=O) groups excluding carboxylic acids is 2. The molecule has 1 saturated heterocycles. The summed E-state index contributed by atoms with van der Waals surface area (Å²) in [7, 11) is 0. The Kier molecular flexibility index (Phi) is 5.24. The van der Waals surface area contributed by atoms with Gasteiger partial charge in [-0.3, -0.25) is 9.59 Å². The summed E-state index contributed by atoms with van der Waals surface area (Å²) in [6.45, 7) is 5.88. The van der Waals surface area contributed by atoms with Crippen molar-refractivity contribution >= 4 is 28.3 Å². The summed E-state index contributed by atoms with van der Waals surface area (Å²) < 4.78 is 14.6. The Morgan fingerprint density at radius 2 is 1.88 bits per heavy atom. The van der Waals surface area contributed by atoms with E-state index in [1.54, 1.807) is 12.1 Å². The van der Waals surface area contributed by atoms with Crippen molar-refractivity contribution in [1.82, 2.24) is 9.88 Å². The standard InChI is InChI=1S/C26H28FN3O2/c1-16-6-8-23-21(14-16)19-4-3-5-20(25(19)28-23)26(32)30-12-10-29(11-13-30)24-9-7-18(17(2)31)15-22(24)27/h3-5,7,9,15-16,28H,6,8,10-14H2,1-2H3/t16-/m1/s1. The number of nitrogens with zero attached hydrogens (tertiary/aromatic N) is 2. The maximum absolute atomic E-state index is 14.6. The summed E-state index contributed by atoms with van der Waals surface area (Å²) in [6.07, 6.45) is 3.26. The number of piperazine rings is 1. The van der Waals surface area contributed by atoms with Gasteiger partial charge in [-0.1, -0.05) is 19.1 Å². The van der Waals surface area contributed by atoms with E-state index in [9.17, 15) is 14.0 Å². The molecule has 6 heteroatoms. The van der Waals surface area contributed by atoms with Crippen LogP contribution in [0.4, 0.5) is 10.1 Å². The molecule has 0 bridgehead atoms. The van der Waals surface area contributed by atoms with Crippen molar-refractivity contribution in [1.29, 1.82) is 0 Å². The van der Waals surface area contributed by atoms with Gasteiger partial charge < -0.3 is 14.8 Å². The minimum Gasteiger partial charge on any atom is -0.366 e. The van der Waals surface area contributed by atoms with Gasteiger partial charge in [0.2, 0.25) is 0 Å². The Morgan fingerprint density at radius 3 is 2.59 bits per heavy atom. The van der Waals surface area contributed by atoms with Gasteiger partial charge in [-0.25, -0.2) is 4.39 Å². The maximum atomic E-state index is 14.6. The van der Waals surface area contributed by atoms with Crippen LogP contribution < -0.4 is 4.90 Å². The third-order valence-electron chi connectivity index (χ3n) is 6.96.